The van der Waals surface area contributed by atoms with Crippen molar-refractivity contribution in [1.29, 1.82) is 0 Å². The number of carbonyl (C=O) groups excluding carboxylic acids is 1. The van der Waals surface area contributed by atoms with E-state index in [1.165, 1.54) is 19.3 Å². The average Bonchev–Trinajstić information content (AvgIpc) is 2.47. The molecule has 2 aliphatic rings. The van der Waals surface area contributed by atoms with Crippen molar-refractivity contribution in [3.05, 3.63) is 0 Å². The molecule has 0 spiro atoms. The quantitative estimate of drug-likeness (QED) is 0.820. The predicted octanol–water partition coefficient (Wildman–Crippen LogP) is 2.40. The first-order valence-electron chi connectivity index (χ1n) is 7.96. The molecule has 5 heteroatoms. The van der Waals surface area contributed by atoms with Gasteiger partial charge >= 0.3 is 0 Å². The third-order valence-corrected chi connectivity index (χ3v) is 4.22. The third-order valence-electron chi connectivity index (χ3n) is 4.22. The normalized spacial score (nSPS) is 25.6. The van der Waals surface area contributed by atoms with E-state index in [1.807, 2.05) is 6.92 Å². The highest BCUT2D eigenvalue weighted by atomic mass is 35.5. The number of hydrogen-bond acceptors (Lipinski definition) is 3. The molecule has 2 fully saturated rings. The largest absolute Gasteiger partial charge is 0.365 e. The smallest absolute Gasteiger partial charge is 0.249 e. The fourth-order valence-electron chi connectivity index (χ4n) is 3.05. The summed E-state index contributed by atoms with van der Waals surface area (Å²) in [5.74, 6) is 0.0850. The molecule has 1 saturated heterocycles. The van der Waals surface area contributed by atoms with Crippen LogP contribution in [0.3, 0.4) is 0 Å². The van der Waals surface area contributed by atoms with Gasteiger partial charge in [0.1, 0.15) is 6.10 Å². The highest BCUT2D eigenvalue weighted by Gasteiger charge is 2.25. The van der Waals surface area contributed by atoms with Gasteiger partial charge in [-0.05, 0) is 38.6 Å². The van der Waals surface area contributed by atoms with Crippen molar-refractivity contribution < 1.29 is 9.53 Å². The second-order valence-electron chi connectivity index (χ2n) is 5.84. The highest BCUT2D eigenvalue weighted by Crippen LogP contribution is 2.22. The Balaban J connectivity index is 0.00000200. The number of amides is 1. The Morgan fingerprint density at radius 1 is 1.25 bits per heavy atom. The van der Waals surface area contributed by atoms with E-state index >= 15 is 0 Å². The summed E-state index contributed by atoms with van der Waals surface area (Å²) in [4.78, 5) is 12.3. The van der Waals surface area contributed by atoms with Crippen LogP contribution in [-0.4, -0.2) is 37.2 Å². The lowest BCUT2D eigenvalue weighted by molar-refractivity contribution is -0.139. The van der Waals surface area contributed by atoms with Crippen LogP contribution in [0.1, 0.15) is 58.3 Å². The second kappa shape index (κ2) is 9.59. The lowest BCUT2D eigenvalue weighted by Gasteiger charge is -2.29. The number of halogens is 1. The minimum atomic E-state index is -0.259. The summed E-state index contributed by atoms with van der Waals surface area (Å²) in [6.45, 7) is 4.00. The van der Waals surface area contributed by atoms with Crippen LogP contribution >= 0.6 is 12.4 Å². The van der Waals surface area contributed by atoms with Gasteiger partial charge in [0.15, 0.2) is 0 Å². The topological polar surface area (TPSA) is 50.4 Å². The zero-order chi connectivity index (χ0) is 13.5. The first-order chi connectivity index (χ1) is 9.29. The van der Waals surface area contributed by atoms with Crippen molar-refractivity contribution >= 4 is 18.3 Å². The molecule has 118 valence electrons. The lowest BCUT2D eigenvalue weighted by Crippen LogP contribution is -2.49. The number of nitrogens with one attached hydrogen (secondary N) is 2. The van der Waals surface area contributed by atoms with E-state index in [1.54, 1.807) is 0 Å². The molecule has 1 amide bonds. The minimum absolute atomic E-state index is 0. The Bertz CT molecular complexity index is 277. The first-order valence-corrected chi connectivity index (χ1v) is 7.96. The van der Waals surface area contributed by atoms with Gasteiger partial charge in [-0.25, -0.2) is 0 Å². The van der Waals surface area contributed by atoms with Crippen LogP contribution in [0, 0.1) is 0 Å². The number of piperidine rings is 1. The van der Waals surface area contributed by atoms with E-state index in [0.717, 1.165) is 45.2 Å². The molecule has 1 heterocycles. The van der Waals surface area contributed by atoms with Crippen LogP contribution in [0.2, 0.25) is 0 Å². The number of ether oxygens (including phenoxy) is 1. The van der Waals surface area contributed by atoms with Crippen LogP contribution in [0.15, 0.2) is 0 Å². The van der Waals surface area contributed by atoms with Crippen LogP contribution in [-0.2, 0) is 9.53 Å². The summed E-state index contributed by atoms with van der Waals surface area (Å²) >= 11 is 0. The molecule has 1 aliphatic heterocycles. The summed E-state index contributed by atoms with van der Waals surface area (Å²) in [7, 11) is 0. The number of rotatable bonds is 5. The molecular weight excluding hydrogens is 276 g/mol. The molecule has 0 aromatic rings. The molecule has 4 nitrogen and oxygen atoms in total. The lowest BCUT2D eigenvalue weighted by atomic mass is 9.97. The maximum atomic E-state index is 12.3. The van der Waals surface area contributed by atoms with Crippen LogP contribution in [0.5, 0.6) is 0 Å². The van der Waals surface area contributed by atoms with E-state index in [4.69, 9.17) is 4.74 Å². The molecule has 1 saturated carbocycles. The van der Waals surface area contributed by atoms with Crippen molar-refractivity contribution in [2.24, 2.45) is 0 Å². The van der Waals surface area contributed by atoms with Crippen LogP contribution in [0.4, 0.5) is 0 Å². The molecule has 2 rings (SSSR count). The molecule has 0 aromatic heterocycles. The molecule has 2 atom stereocenters. The van der Waals surface area contributed by atoms with Crippen molar-refractivity contribution in [3.63, 3.8) is 0 Å². The number of carbonyl (C=O) groups is 1. The monoisotopic (exact) mass is 304 g/mol. The fourth-order valence-corrected chi connectivity index (χ4v) is 3.05. The molecule has 2 unspecified atom stereocenters. The molecule has 20 heavy (non-hydrogen) atoms. The van der Waals surface area contributed by atoms with E-state index in [0.29, 0.717) is 6.10 Å². The van der Waals surface area contributed by atoms with E-state index in [-0.39, 0.29) is 30.5 Å². The Morgan fingerprint density at radius 3 is 2.60 bits per heavy atom. The molecule has 1 aliphatic carbocycles. The van der Waals surface area contributed by atoms with Gasteiger partial charge in [-0.2, -0.15) is 0 Å². The second-order valence-corrected chi connectivity index (χ2v) is 5.84. The van der Waals surface area contributed by atoms with Gasteiger partial charge < -0.3 is 15.4 Å². The average molecular weight is 305 g/mol. The van der Waals surface area contributed by atoms with Gasteiger partial charge in [0, 0.05) is 12.6 Å². The van der Waals surface area contributed by atoms with Gasteiger partial charge in [-0.15, -0.1) is 12.4 Å². The Hall–Kier alpha value is -0.320. The van der Waals surface area contributed by atoms with Crippen molar-refractivity contribution in [2.75, 3.05) is 13.1 Å². The molecule has 0 bridgehead atoms. The molecule has 0 aromatic carbocycles. The molecule has 0 radical (unpaired) electrons. The van der Waals surface area contributed by atoms with E-state index in [2.05, 4.69) is 10.6 Å². The summed E-state index contributed by atoms with van der Waals surface area (Å²) in [5.41, 5.74) is 0. The zero-order valence-electron chi connectivity index (χ0n) is 12.5. The summed E-state index contributed by atoms with van der Waals surface area (Å²) < 4.78 is 6.01. The standard InChI is InChI=1S/C15H28N2O2.ClH/c1-2-14(19-13-8-4-3-5-9-13)15(18)17-12-7-6-10-16-11-12;/h12-14,16H,2-11H2,1H3,(H,17,18);1H. The Morgan fingerprint density at radius 2 is 2.00 bits per heavy atom. The zero-order valence-corrected chi connectivity index (χ0v) is 13.3. The minimum Gasteiger partial charge on any atom is -0.365 e. The predicted molar refractivity (Wildman–Crippen MR) is 83.3 cm³/mol. The number of hydrogen-bond donors (Lipinski definition) is 2. The summed E-state index contributed by atoms with van der Waals surface area (Å²) in [6, 6.07) is 0.283. The van der Waals surface area contributed by atoms with Gasteiger partial charge in [0.2, 0.25) is 5.91 Å². The molecular formula is C15H29ClN2O2. The van der Waals surface area contributed by atoms with E-state index in [9.17, 15) is 4.79 Å². The SMILES string of the molecule is CCC(OC1CCCCC1)C(=O)NC1CCCNC1.Cl. The Kier molecular flexibility index (Phi) is 8.50. The maximum absolute atomic E-state index is 12.3. The fraction of sp³-hybridized carbons (Fsp3) is 0.933. The Labute approximate surface area is 128 Å². The van der Waals surface area contributed by atoms with Crippen molar-refractivity contribution in [1.82, 2.24) is 10.6 Å². The first kappa shape index (κ1) is 17.7. The van der Waals surface area contributed by atoms with E-state index < -0.39 is 0 Å². The van der Waals surface area contributed by atoms with Crippen LogP contribution < -0.4 is 10.6 Å². The van der Waals surface area contributed by atoms with Crippen LogP contribution in [0.25, 0.3) is 0 Å². The third kappa shape index (κ3) is 5.58. The van der Waals surface area contributed by atoms with Gasteiger partial charge in [0.05, 0.1) is 6.10 Å². The summed E-state index contributed by atoms with van der Waals surface area (Å²) in [5, 5.41) is 6.46. The highest BCUT2D eigenvalue weighted by molar-refractivity contribution is 5.85. The summed E-state index contributed by atoms with van der Waals surface area (Å²) in [6.07, 6.45) is 9.08. The van der Waals surface area contributed by atoms with Gasteiger partial charge in [-0.3, -0.25) is 4.79 Å². The maximum Gasteiger partial charge on any atom is 0.249 e. The van der Waals surface area contributed by atoms with Crippen molar-refractivity contribution in [3.8, 4) is 0 Å². The van der Waals surface area contributed by atoms with Gasteiger partial charge in [0.25, 0.3) is 0 Å². The molecule has 2 N–H and O–H groups in total. The van der Waals surface area contributed by atoms with Gasteiger partial charge in [-0.1, -0.05) is 26.2 Å². The van der Waals surface area contributed by atoms with Crippen molar-refractivity contribution in [2.45, 2.75) is 76.5 Å².